The highest BCUT2D eigenvalue weighted by Crippen LogP contribution is 2.35. The lowest BCUT2D eigenvalue weighted by Gasteiger charge is -2.35. The van der Waals surface area contributed by atoms with Gasteiger partial charge in [-0.15, -0.1) is 0 Å². The molecule has 4 aromatic rings. The van der Waals surface area contributed by atoms with Gasteiger partial charge in [-0.3, -0.25) is 14.5 Å². The number of piperazine rings is 1. The number of carbonyl (C=O) groups excluding carboxylic acids is 3. The van der Waals surface area contributed by atoms with Crippen molar-refractivity contribution in [1.82, 2.24) is 29.7 Å². The molecule has 0 bridgehead atoms. The Balaban J connectivity index is 0.661. The standard InChI is InChI=1S/C76H118F3N7O24/c1-64-7-8-66(60-65(64)10-12-69-62-81-71-6-5-14-82-86(69)71)73(88)83-68-11-9-67(70(61-68)76(77,78)79)63-84-16-18-85(19-17-84)72(87)13-20-90-22-24-92-26-28-94-30-32-96-34-36-98-38-40-100-42-44-102-46-48-104-50-52-106-54-56-108-58-59-109-57-55-107-53-51-105-49-47-103-45-43-101-41-39-99-37-35-97-33-31-95-29-27-93-25-23-91-21-15-80-74(89)110-75(2,3)4/h5-9,11,14,60-62H,13,15-59,63H2,1-4H3,(H,80,89)(H,83,88). The molecule has 2 aromatic carbocycles. The molecule has 0 saturated carbocycles. The van der Waals surface area contributed by atoms with Crippen molar-refractivity contribution in [3.8, 4) is 11.8 Å². The van der Waals surface area contributed by atoms with Crippen molar-refractivity contribution in [3.63, 3.8) is 0 Å². The minimum absolute atomic E-state index is 0.00580. The van der Waals surface area contributed by atoms with Crippen LogP contribution in [-0.2, 0) is 117 Å². The van der Waals surface area contributed by atoms with Gasteiger partial charge in [-0.1, -0.05) is 18.1 Å². The Labute approximate surface area is 644 Å². The fourth-order valence-corrected chi connectivity index (χ4v) is 9.74. The number of nitrogens with zero attached hydrogens (tertiary/aromatic N) is 5. The summed E-state index contributed by atoms with van der Waals surface area (Å²) in [4.78, 5) is 45.6. The van der Waals surface area contributed by atoms with Crippen LogP contribution < -0.4 is 10.6 Å². The maximum atomic E-state index is 14.4. The minimum atomic E-state index is -4.67. The number of amides is 3. The molecule has 2 N–H and O–H groups in total. The number of aromatic nitrogens is 3. The van der Waals surface area contributed by atoms with Crippen molar-refractivity contribution in [1.29, 1.82) is 0 Å². The third-order valence-corrected chi connectivity index (χ3v) is 15.3. The van der Waals surface area contributed by atoms with Crippen molar-refractivity contribution in [2.75, 3.05) is 302 Å². The van der Waals surface area contributed by atoms with Crippen LogP contribution in [0, 0.1) is 18.8 Å². The summed E-state index contributed by atoms with van der Waals surface area (Å²) in [6, 6.07) is 12.3. The highest BCUT2D eigenvalue weighted by Gasteiger charge is 2.35. The first-order chi connectivity index (χ1) is 53.7. The number of nitrogens with one attached hydrogen (secondary N) is 2. The molecule has 1 aliphatic heterocycles. The van der Waals surface area contributed by atoms with E-state index < -0.39 is 29.3 Å². The normalized spacial score (nSPS) is 12.8. The van der Waals surface area contributed by atoms with E-state index in [9.17, 15) is 27.6 Å². The predicted molar refractivity (Wildman–Crippen MR) is 397 cm³/mol. The topological polar surface area (TPSA) is 306 Å². The Morgan fingerprint density at radius 3 is 1.23 bits per heavy atom. The van der Waals surface area contributed by atoms with E-state index in [0.29, 0.717) is 307 Å². The summed E-state index contributed by atoms with van der Waals surface area (Å²) in [6.07, 6.45) is -1.74. The Morgan fingerprint density at radius 2 is 0.845 bits per heavy atom. The van der Waals surface area contributed by atoms with Gasteiger partial charge < -0.3 is 115 Å². The van der Waals surface area contributed by atoms with E-state index in [-0.39, 0.29) is 42.3 Å². The van der Waals surface area contributed by atoms with Crippen LogP contribution in [0.2, 0.25) is 0 Å². The first kappa shape index (κ1) is 94.4. The highest BCUT2D eigenvalue weighted by molar-refractivity contribution is 6.04. The molecule has 34 heteroatoms. The smallest absolute Gasteiger partial charge is 0.416 e. The number of fused-ring (bicyclic) bond motifs is 1. The lowest BCUT2D eigenvalue weighted by atomic mass is 10.0. The zero-order valence-electron chi connectivity index (χ0n) is 64.7. The summed E-state index contributed by atoms with van der Waals surface area (Å²) in [6.45, 7) is 26.6. The molecule has 0 unspecified atom stereocenters. The number of alkyl carbamates (subject to hydrolysis) is 1. The van der Waals surface area contributed by atoms with Crippen LogP contribution in [0.1, 0.15) is 65.5 Å². The van der Waals surface area contributed by atoms with Crippen LogP contribution in [0.15, 0.2) is 60.9 Å². The molecule has 5 rings (SSSR count). The van der Waals surface area contributed by atoms with Gasteiger partial charge in [-0.05, 0) is 81.1 Å². The molecular weight excluding hydrogens is 1450 g/mol. The minimum Gasteiger partial charge on any atom is -0.444 e. The molecule has 0 aliphatic carbocycles. The largest absolute Gasteiger partial charge is 0.444 e. The Morgan fingerprint density at radius 1 is 0.464 bits per heavy atom. The zero-order valence-corrected chi connectivity index (χ0v) is 64.7. The number of hydrogen-bond donors (Lipinski definition) is 2. The first-order valence-corrected chi connectivity index (χ1v) is 37.6. The zero-order chi connectivity index (χ0) is 78.5. The number of ether oxygens (including phenoxy) is 21. The van der Waals surface area contributed by atoms with Crippen LogP contribution in [0.4, 0.5) is 23.7 Å². The quantitative estimate of drug-likeness (QED) is 0.0401. The van der Waals surface area contributed by atoms with E-state index in [1.165, 1.54) is 12.1 Å². The van der Waals surface area contributed by atoms with E-state index in [1.807, 2.05) is 32.6 Å². The van der Waals surface area contributed by atoms with Crippen LogP contribution >= 0.6 is 0 Å². The fourth-order valence-electron chi connectivity index (χ4n) is 9.74. The second kappa shape index (κ2) is 61.3. The number of hydrogen-bond acceptors (Lipinski definition) is 27. The molecule has 2 aromatic heterocycles. The van der Waals surface area contributed by atoms with Crippen molar-refractivity contribution >= 4 is 29.2 Å². The third-order valence-electron chi connectivity index (χ3n) is 15.3. The van der Waals surface area contributed by atoms with Gasteiger partial charge in [0.25, 0.3) is 5.91 Å². The molecule has 622 valence electrons. The number of rotatable bonds is 67. The number of alkyl halides is 3. The molecule has 0 atom stereocenters. The van der Waals surface area contributed by atoms with Gasteiger partial charge in [-0.25, -0.2) is 14.3 Å². The molecule has 3 heterocycles. The van der Waals surface area contributed by atoms with Crippen LogP contribution in [0.5, 0.6) is 0 Å². The van der Waals surface area contributed by atoms with Crippen LogP contribution in [-0.4, -0.2) is 345 Å². The Bertz CT molecular complexity index is 3080. The van der Waals surface area contributed by atoms with Crippen LogP contribution in [0.3, 0.4) is 0 Å². The molecule has 0 radical (unpaired) electrons. The van der Waals surface area contributed by atoms with Crippen molar-refractivity contribution in [2.24, 2.45) is 0 Å². The summed E-state index contributed by atoms with van der Waals surface area (Å²) in [7, 11) is 0. The molecule has 110 heavy (non-hydrogen) atoms. The van der Waals surface area contributed by atoms with Gasteiger partial charge in [0.2, 0.25) is 5.91 Å². The summed E-state index contributed by atoms with van der Waals surface area (Å²) in [5.41, 5.74) is 1.52. The number of anilines is 1. The summed E-state index contributed by atoms with van der Waals surface area (Å²) in [5, 5.41) is 9.51. The Kier molecular flexibility index (Phi) is 52.6. The maximum Gasteiger partial charge on any atom is 0.416 e. The number of halogens is 3. The predicted octanol–water partition coefficient (Wildman–Crippen LogP) is 5.60. The molecular formula is C76H118F3N7O24. The molecule has 1 aliphatic rings. The molecule has 3 amide bonds. The second-order valence-electron chi connectivity index (χ2n) is 25.1. The third kappa shape index (κ3) is 47.3. The molecule has 31 nitrogen and oxygen atoms in total. The lowest BCUT2D eigenvalue weighted by molar-refractivity contribution is -0.138. The second-order valence-corrected chi connectivity index (χ2v) is 25.1. The van der Waals surface area contributed by atoms with E-state index in [1.54, 1.807) is 52.1 Å². The van der Waals surface area contributed by atoms with Crippen molar-refractivity contribution in [3.05, 3.63) is 94.4 Å². The molecule has 0 spiro atoms. The number of benzene rings is 2. The Hall–Kier alpha value is -6.22. The monoisotopic (exact) mass is 1570 g/mol. The van der Waals surface area contributed by atoms with E-state index in [4.69, 9.17) is 99.5 Å². The van der Waals surface area contributed by atoms with E-state index >= 15 is 0 Å². The summed E-state index contributed by atoms with van der Waals surface area (Å²) in [5.74, 6) is 5.43. The van der Waals surface area contributed by atoms with Crippen molar-refractivity contribution in [2.45, 2.75) is 52.4 Å². The van der Waals surface area contributed by atoms with Gasteiger partial charge in [0.1, 0.15) is 11.3 Å². The number of aryl methyl sites for hydroxylation is 1. The average Bonchev–Trinajstić information content (AvgIpc) is 0.981. The first-order valence-electron chi connectivity index (χ1n) is 37.6. The van der Waals surface area contributed by atoms with E-state index in [0.717, 1.165) is 11.6 Å². The molecule has 1 saturated heterocycles. The lowest BCUT2D eigenvalue weighted by Crippen LogP contribution is -2.48. The van der Waals surface area contributed by atoms with Gasteiger partial charge in [-0.2, -0.15) is 18.3 Å². The van der Waals surface area contributed by atoms with Crippen molar-refractivity contribution < 1.29 is 127 Å². The molecule has 1 fully saturated rings. The summed E-state index contributed by atoms with van der Waals surface area (Å²) >= 11 is 0. The SMILES string of the molecule is Cc1ccc(C(=O)Nc2ccc(CN3CCN(C(=O)CCOCCOCCOCCOCCOCCOCCOCCOCCOCCOCCOCCOCCOCCOCCOCCOCCOCCOCCOCCOCCNC(=O)OC(C)(C)C)CC3)c(C(F)(F)F)c2)cc1C#Cc1cnc2cccnn12. The summed E-state index contributed by atoms with van der Waals surface area (Å²) < 4.78 is 161. The van der Waals surface area contributed by atoms with Gasteiger partial charge in [0.05, 0.1) is 282 Å². The van der Waals surface area contributed by atoms with Gasteiger partial charge >= 0.3 is 12.3 Å². The maximum absolute atomic E-state index is 14.4. The van der Waals surface area contributed by atoms with E-state index in [2.05, 4.69) is 32.6 Å². The van der Waals surface area contributed by atoms with Gasteiger partial charge in [0.15, 0.2) is 5.65 Å². The highest BCUT2D eigenvalue weighted by atomic mass is 19.4. The van der Waals surface area contributed by atoms with Crippen LogP contribution in [0.25, 0.3) is 5.65 Å². The average molecular weight is 1570 g/mol. The fraction of sp³-hybridized carbons (Fsp3) is 0.697. The number of imidazole rings is 1. The van der Waals surface area contributed by atoms with Gasteiger partial charge in [0, 0.05) is 62.3 Å². The number of carbonyl (C=O) groups is 3.